The van der Waals surface area contributed by atoms with Crippen molar-refractivity contribution in [1.82, 2.24) is 14.9 Å². The standard InChI is InChI=1S/C13H19N3O/c1-9(12-7-10-2-3-11(12)6-10)15-13(17)16-5-4-14-8-16/h4-5,8-12H,2-3,6-7H2,1H3,(H,15,17)/t9-,10+,11+,12-/m0/s1. The minimum Gasteiger partial charge on any atom is -0.335 e. The van der Waals surface area contributed by atoms with Crippen LogP contribution in [0.5, 0.6) is 0 Å². The number of rotatable bonds is 2. The van der Waals surface area contributed by atoms with Crippen molar-refractivity contribution in [3.63, 3.8) is 0 Å². The molecular formula is C13H19N3O. The number of amides is 1. The van der Waals surface area contributed by atoms with E-state index in [2.05, 4.69) is 17.2 Å². The van der Waals surface area contributed by atoms with E-state index in [1.165, 1.54) is 30.3 Å². The summed E-state index contributed by atoms with van der Waals surface area (Å²) in [5.41, 5.74) is 0. The second-order valence-electron chi connectivity index (χ2n) is 5.55. The molecule has 4 nitrogen and oxygen atoms in total. The molecule has 1 aromatic rings. The molecule has 17 heavy (non-hydrogen) atoms. The van der Waals surface area contributed by atoms with Crippen LogP contribution in [0.3, 0.4) is 0 Å². The Bertz CT molecular complexity index is 401. The van der Waals surface area contributed by atoms with Gasteiger partial charge in [-0.15, -0.1) is 0 Å². The van der Waals surface area contributed by atoms with Gasteiger partial charge in [-0.2, -0.15) is 0 Å². The van der Waals surface area contributed by atoms with Gasteiger partial charge >= 0.3 is 6.03 Å². The summed E-state index contributed by atoms with van der Waals surface area (Å²) in [5, 5.41) is 3.09. The SMILES string of the molecule is C[C@H](NC(=O)n1ccnc1)[C@@H]1C[C@@H]2CC[C@@H]1C2. The Morgan fingerprint density at radius 2 is 2.35 bits per heavy atom. The summed E-state index contributed by atoms with van der Waals surface area (Å²) in [6.45, 7) is 2.14. The van der Waals surface area contributed by atoms with Gasteiger partial charge in [-0.25, -0.2) is 9.78 Å². The molecule has 2 bridgehead atoms. The molecule has 2 aliphatic rings. The van der Waals surface area contributed by atoms with E-state index in [0.29, 0.717) is 5.92 Å². The Labute approximate surface area is 101 Å². The fraction of sp³-hybridized carbons (Fsp3) is 0.692. The summed E-state index contributed by atoms with van der Waals surface area (Å²) < 4.78 is 1.50. The molecule has 1 amide bonds. The van der Waals surface area contributed by atoms with Crippen LogP contribution in [0.2, 0.25) is 0 Å². The van der Waals surface area contributed by atoms with E-state index in [1.54, 1.807) is 18.7 Å². The molecule has 0 aromatic carbocycles. The highest BCUT2D eigenvalue weighted by Crippen LogP contribution is 2.49. The zero-order chi connectivity index (χ0) is 11.8. The molecule has 3 rings (SSSR count). The van der Waals surface area contributed by atoms with E-state index in [-0.39, 0.29) is 12.1 Å². The lowest BCUT2D eigenvalue weighted by atomic mass is 9.84. The van der Waals surface area contributed by atoms with Gasteiger partial charge in [-0.05, 0) is 43.9 Å². The zero-order valence-corrected chi connectivity index (χ0v) is 10.2. The lowest BCUT2D eigenvalue weighted by Crippen LogP contribution is -2.41. The van der Waals surface area contributed by atoms with E-state index in [0.717, 1.165) is 11.8 Å². The largest absolute Gasteiger partial charge is 0.335 e. The van der Waals surface area contributed by atoms with Crippen LogP contribution in [0, 0.1) is 17.8 Å². The minimum absolute atomic E-state index is 0.0576. The van der Waals surface area contributed by atoms with Gasteiger partial charge < -0.3 is 5.32 Å². The number of aromatic nitrogens is 2. The number of fused-ring (bicyclic) bond motifs is 2. The third-order valence-corrected chi connectivity index (χ3v) is 4.53. The normalized spacial score (nSPS) is 32.6. The number of hydrogen-bond donors (Lipinski definition) is 1. The fourth-order valence-corrected chi connectivity index (χ4v) is 3.66. The fourth-order valence-electron chi connectivity index (χ4n) is 3.66. The Balaban J connectivity index is 1.60. The van der Waals surface area contributed by atoms with Gasteiger partial charge in [-0.3, -0.25) is 4.57 Å². The minimum atomic E-state index is -0.0576. The summed E-state index contributed by atoms with van der Waals surface area (Å²) in [6, 6.07) is 0.220. The van der Waals surface area contributed by atoms with Gasteiger partial charge in [0.25, 0.3) is 0 Å². The molecule has 92 valence electrons. The van der Waals surface area contributed by atoms with E-state index >= 15 is 0 Å². The Morgan fingerprint density at radius 3 is 2.94 bits per heavy atom. The molecule has 1 N–H and O–H groups in total. The van der Waals surface area contributed by atoms with Crippen LogP contribution in [0.4, 0.5) is 4.79 Å². The van der Waals surface area contributed by atoms with Gasteiger partial charge in [0, 0.05) is 18.4 Å². The van der Waals surface area contributed by atoms with Crippen LogP contribution in [0.1, 0.15) is 32.6 Å². The van der Waals surface area contributed by atoms with Crippen LogP contribution in [0.15, 0.2) is 18.7 Å². The predicted molar refractivity (Wildman–Crippen MR) is 64.6 cm³/mol. The predicted octanol–water partition coefficient (Wildman–Crippen LogP) is 2.27. The van der Waals surface area contributed by atoms with Gasteiger partial charge in [-0.1, -0.05) is 6.42 Å². The van der Waals surface area contributed by atoms with Crippen LogP contribution < -0.4 is 5.32 Å². The second-order valence-corrected chi connectivity index (χ2v) is 5.55. The van der Waals surface area contributed by atoms with Crippen molar-refractivity contribution in [2.45, 2.75) is 38.6 Å². The molecule has 0 aliphatic heterocycles. The number of carbonyl (C=O) groups excluding carboxylic acids is 1. The first-order chi connectivity index (χ1) is 8.24. The number of hydrogen-bond acceptors (Lipinski definition) is 2. The van der Waals surface area contributed by atoms with Crippen molar-refractivity contribution in [3.05, 3.63) is 18.7 Å². The average Bonchev–Trinajstić information content (AvgIpc) is 3.05. The summed E-state index contributed by atoms with van der Waals surface area (Å²) in [4.78, 5) is 15.8. The summed E-state index contributed by atoms with van der Waals surface area (Å²) >= 11 is 0. The molecule has 2 saturated carbocycles. The molecule has 0 radical (unpaired) electrons. The highest BCUT2D eigenvalue weighted by molar-refractivity contribution is 5.76. The van der Waals surface area contributed by atoms with Crippen molar-refractivity contribution >= 4 is 6.03 Å². The Kier molecular flexibility index (Phi) is 2.65. The highest BCUT2D eigenvalue weighted by atomic mass is 16.2. The Hall–Kier alpha value is -1.32. The summed E-state index contributed by atoms with van der Waals surface area (Å²) in [7, 11) is 0. The lowest BCUT2D eigenvalue weighted by Gasteiger charge is -2.28. The molecule has 4 heteroatoms. The van der Waals surface area contributed by atoms with Gasteiger partial charge in [0.05, 0.1) is 0 Å². The first kappa shape index (κ1) is 10.8. The molecule has 2 fully saturated rings. The third kappa shape index (κ3) is 1.96. The second kappa shape index (κ2) is 4.17. The molecule has 0 spiro atoms. The Morgan fingerprint density at radius 1 is 1.47 bits per heavy atom. The van der Waals surface area contributed by atoms with Crippen LogP contribution in [0.25, 0.3) is 0 Å². The molecule has 1 heterocycles. The van der Waals surface area contributed by atoms with Crippen molar-refractivity contribution in [3.8, 4) is 0 Å². The molecule has 4 atom stereocenters. The quantitative estimate of drug-likeness (QED) is 0.851. The maximum absolute atomic E-state index is 11.9. The zero-order valence-electron chi connectivity index (χ0n) is 10.2. The number of nitrogens with zero attached hydrogens (tertiary/aromatic N) is 2. The van der Waals surface area contributed by atoms with Crippen molar-refractivity contribution in [2.24, 2.45) is 17.8 Å². The first-order valence-corrected chi connectivity index (χ1v) is 6.53. The third-order valence-electron chi connectivity index (χ3n) is 4.53. The average molecular weight is 233 g/mol. The highest BCUT2D eigenvalue weighted by Gasteiger charge is 2.42. The van der Waals surface area contributed by atoms with E-state index in [9.17, 15) is 4.79 Å². The molecule has 2 aliphatic carbocycles. The summed E-state index contributed by atoms with van der Waals surface area (Å²) in [6.07, 6.45) is 10.3. The van der Waals surface area contributed by atoms with E-state index in [1.807, 2.05) is 0 Å². The van der Waals surface area contributed by atoms with E-state index in [4.69, 9.17) is 0 Å². The first-order valence-electron chi connectivity index (χ1n) is 6.53. The maximum atomic E-state index is 11.9. The summed E-state index contributed by atoms with van der Waals surface area (Å²) in [5.74, 6) is 2.46. The lowest BCUT2D eigenvalue weighted by molar-refractivity contribution is 0.221. The molecule has 0 unspecified atom stereocenters. The monoisotopic (exact) mass is 233 g/mol. The van der Waals surface area contributed by atoms with Crippen LogP contribution >= 0.6 is 0 Å². The van der Waals surface area contributed by atoms with Crippen molar-refractivity contribution in [2.75, 3.05) is 0 Å². The number of carbonyl (C=O) groups is 1. The van der Waals surface area contributed by atoms with Crippen LogP contribution in [-0.4, -0.2) is 21.6 Å². The van der Waals surface area contributed by atoms with Crippen LogP contribution in [-0.2, 0) is 0 Å². The van der Waals surface area contributed by atoms with Crippen molar-refractivity contribution in [1.29, 1.82) is 0 Å². The van der Waals surface area contributed by atoms with Gasteiger partial charge in [0.2, 0.25) is 0 Å². The molecule has 0 saturated heterocycles. The molecule has 1 aromatic heterocycles. The van der Waals surface area contributed by atoms with Gasteiger partial charge in [0.1, 0.15) is 6.33 Å². The molecular weight excluding hydrogens is 214 g/mol. The van der Waals surface area contributed by atoms with Gasteiger partial charge in [0.15, 0.2) is 0 Å². The van der Waals surface area contributed by atoms with E-state index < -0.39 is 0 Å². The topological polar surface area (TPSA) is 46.9 Å². The maximum Gasteiger partial charge on any atom is 0.327 e. The number of nitrogens with one attached hydrogen (secondary N) is 1. The number of imidazole rings is 1. The smallest absolute Gasteiger partial charge is 0.327 e. The van der Waals surface area contributed by atoms with Crippen molar-refractivity contribution < 1.29 is 4.79 Å².